The van der Waals surface area contributed by atoms with Gasteiger partial charge in [-0.3, -0.25) is 4.90 Å². The summed E-state index contributed by atoms with van der Waals surface area (Å²) in [5.74, 6) is 0. The zero-order chi connectivity index (χ0) is 12.2. The topological polar surface area (TPSA) is 3.24 Å². The number of rotatable bonds is 3. The van der Waals surface area contributed by atoms with E-state index >= 15 is 0 Å². The molecule has 0 aliphatic carbocycles. The molecule has 3 rings (SSSR count). The van der Waals surface area contributed by atoms with E-state index in [-0.39, 0.29) is 0 Å². The molecule has 0 bridgehead atoms. The molecule has 0 aromatic heterocycles. The fourth-order valence-corrected chi connectivity index (χ4v) is 2.72. The molecule has 0 spiro atoms. The molecule has 1 radical (unpaired) electrons. The lowest BCUT2D eigenvalue weighted by atomic mass is 9.97. The summed E-state index contributed by atoms with van der Waals surface area (Å²) in [7, 11) is 0. The van der Waals surface area contributed by atoms with Crippen molar-refractivity contribution in [3.05, 3.63) is 78.2 Å². The number of hydrogen-bond acceptors (Lipinski definition) is 1. The Bertz CT molecular complexity index is 432. The van der Waals surface area contributed by atoms with Crippen LogP contribution in [0, 0.1) is 6.42 Å². The highest BCUT2D eigenvalue weighted by atomic mass is 15.2. The Morgan fingerprint density at radius 3 is 1.78 bits per heavy atom. The van der Waals surface area contributed by atoms with Crippen molar-refractivity contribution in [2.75, 3.05) is 13.1 Å². The van der Waals surface area contributed by atoms with Gasteiger partial charge in [0, 0.05) is 6.54 Å². The number of hydrogen-bond donors (Lipinski definition) is 0. The van der Waals surface area contributed by atoms with Crippen molar-refractivity contribution in [3.63, 3.8) is 0 Å². The van der Waals surface area contributed by atoms with Crippen LogP contribution in [0.25, 0.3) is 0 Å². The van der Waals surface area contributed by atoms with Crippen molar-refractivity contribution in [2.45, 2.75) is 12.5 Å². The molecule has 1 heteroatoms. The summed E-state index contributed by atoms with van der Waals surface area (Å²) in [6.45, 7) is 2.25. The van der Waals surface area contributed by atoms with E-state index in [1.165, 1.54) is 17.5 Å². The molecule has 0 unspecified atom stereocenters. The smallest absolute Gasteiger partial charge is 0.0601 e. The van der Waals surface area contributed by atoms with Crippen molar-refractivity contribution in [1.82, 2.24) is 4.90 Å². The molecular weight excluding hydrogens is 218 g/mol. The molecule has 2 aromatic carbocycles. The van der Waals surface area contributed by atoms with E-state index in [9.17, 15) is 0 Å². The van der Waals surface area contributed by atoms with Gasteiger partial charge in [0.1, 0.15) is 0 Å². The minimum Gasteiger partial charge on any atom is -0.292 e. The van der Waals surface area contributed by atoms with E-state index in [2.05, 4.69) is 72.0 Å². The normalized spacial score (nSPS) is 16.3. The Hall–Kier alpha value is -1.60. The molecule has 2 aromatic rings. The van der Waals surface area contributed by atoms with Crippen molar-refractivity contribution in [1.29, 1.82) is 0 Å². The molecule has 91 valence electrons. The molecule has 0 N–H and O–H groups in total. The van der Waals surface area contributed by atoms with Crippen LogP contribution >= 0.6 is 0 Å². The number of likely N-dealkylation sites (tertiary alicyclic amines) is 1. The van der Waals surface area contributed by atoms with E-state index in [0.29, 0.717) is 6.04 Å². The van der Waals surface area contributed by atoms with Gasteiger partial charge in [-0.1, -0.05) is 60.7 Å². The second kappa shape index (κ2) is 5.36. The van der Waals surface area contributed by atoms with Gasteiger partial charge in [0.2, 0.25) is 0 Å². The lowest BCUT2D eigenvalue weighted by molar-refractivity contribution is 0.286. The van der Waals surface area contributed by atoms with Gasteiger partial charge in [0.05, 0.1) is 6.04 Å². The Morgan fingerprint density at radius 1 is 0.778 bits per heavy atom. The third-order valence-electron chi connectivity index (χ3n) is 3.58. The molecule has 1 nitrogen and oxygen atoms in total. The lowest BCUT2D eigenvalue weighted by Gasteiger charge is -2.28. The molecule has 1 heterocycles. The second-order valence-electron chi connectivity index (χ2n) is 4.80. The third kappa shape index (κ3) is 2.32. The maximum absolute atomic E-state index is 2.55. The molecule has 1 aliphatic rings. The van der Waals surface area contributed by atoms with Crippen LogP contribution in [0.4, 0.5) is 0 Å². The van der Waals surface area contributed by atoms with E-state index in [0.717, 1.165) is 13.1 Å². The van der Waals surface area contributed by atoms with E-state index in [4.69, 9.17) is 0 Å². The first kappa shape index (κ1) is 11.5. The van der Waals surface area contributed by atoms with E-state index in [1.54, 1.807) is 0 Å². The SMILES string of the molecule is [CH]1CCN(C(c2ccccc2)c2ccccc2)C1. The quantitative estimate of drug-likeness (QED) is 0.785. The maximum Gasteiger partial charge on any atom is 0.0601 e. The van der Waals surface area contributed by atoms with Gasteiger partial charge in [-0.15, -0.1) is 0 Å². The molecule has 1 saturated heterocycles. The van der Waals surface area contributed by atoms with Crippen molar-refractivity contribution in [3.8, 4) is 0 Å². The minimum atomic E-state index is 0.395. The van der Waals surface area contributed by atoms with E-state index < -0.39 is 0 Å². The van der Waals surface area contributed by atoms with Gasteiger partial charge >= 0.3 is 0 Å². The van der Waals surface area contributed by atoms with Crippen LogP contribution in [0.1, 0.15) is 23.6 Å². The predicted molar refractivity (Wildman–Crippen MR) is 75.2 cm³/mol. The van der Waals surface area contributed by atoms with Gasteiger partial charge in [-0.25, -0.2) is 0 Å². The van der Waals surface area contributed by atoms with Gasteiger partial charge in [0.25, 0.3) is 0 Å². The summed E-state index contributed by atoms with van der Waals surface area (Å²) in [6, 6.07) is 22.0. The maximum atomic E-state index is 2.55. The van der Waals surface area contributed by atoms with Gasteiger partial charge in [-0.2, -0.15) is 0 Å². The van der Waals surface area contributed by atoms with Crippen LogP contribution in [-0.2, 0) is 0 Å². The monoisotopic (exact) mass is 236 g/mol. The first-order chi connectivity index (χ1) is 8.95. The average Bonchev–Trinajstić information content (AvgIpc) is 2.95. The summed E-state index contributed by atoms with van der Waals surface area (Å²) in [5, 5.41) is 0. The first-order valence-electron chi connectivity index (χ1n) is 6.61. The first-order valence-corrected chi connectivity index (χ1v) is 6.61. The summed E-state index contributed by atoms with van der Waals surface area (Å²) in [6.07, 6.45) is 3.58. The summed E-state index contributed by atoms with van der Waals surface area (Å²) < 4.78 is 0. The zero-order valence-corrected chi connectivity index (χ0v) is 10.5. The molecule has 0 atom stereocenters. The molecule has 0 saturated carbocycles. The summed E-state index contributed by atoms with van der Waals surface area (Å²) in [5.41, 5.74) is 2.78. The van der Waals surface area contributed by atoms with Crippen molar-refractivity contribution in [2.24, 2.45) is 0 Å². The van der Waals surface area contributed by atoms with Gasteiger partial charge < -0.3 is 0 Å². The summed E-state index contributed by atoms with van der Waals surface area (Å²) in [4.78, 5) is 2.55. The van der Waals surface area contributed by atoms with Crippen molar-refractivity contribution < 1.29 is 0 Å². The molecule has 18 heavy (non-hydrogen) atoms. The fourth-order valence-electron chi connectivity index (χ4n) is 2.72. The second-order valence-corrected chi connectivity index (χ2v) is 4.80. The number of benzene rings is 2. The fraction of sp³-hybridized carbons (Fsp3) is 0.235. The largest absolute Gasteiger partial charge is 0.292 e. The van der Waals surface area contributed by atoms with Crippen molar-refractivity contribution >= 4 is 0 Å². The standard InChI is InChI=1S/C17H18N/c1-3-9-15(10-4-1)17(18-13-7-8-14-18)16-11-5-2-6-12-16/h1-7,9-12,17H,8,13-14H2. The lowest BCUT2D eigenvalue weighted by Crippen LogP contribution is -2.26. The van der Waals surface area contributed by atoms with Crippen LogP contribution in [0.3, 0.4) is 0 Å². The molecule has 1 fully saturated rings. The van der Waals surface area contributed by atoms with Crippen LogP contribution in [0.2, 0.25) is 0 Å². The minimum absolute atomic E-state index is 0.395. The molecule has 1 aliphatic heterocycles. The summed E-state index contributed by atoms with van der Waals surface area (Å²) >= 11 is 0. The van der Waals surface area contributed by atoms with Crippen LogP contribution in [-0.4, -0.2) is 18.0 Å². The third-order valence-corrected chi connectivity index (χ3v) is 3.58. The Balaban J connectivity index is 1.98. The van der Waals surface area contributed by atoms with Crippen LogP contribution in [0.5, 0.6) is 0 Å². The highest BCUT2D eigenvalue weighted by Crippen LogP contribution is 2.30. The van der Waals surface area contributed by atoms with Gasteiger partial charge in [-0.05, 0) is 30.5 Å². The zero-order valence-electron chi connectivity index (χ0n) is 10.5. The van der Waals surface area contributed by atoms with E-state index in [1.807, 2.05) is 0 Å². The molecule has 0 amide bonds. The van der Waals surface area contributed by atoms with Crippen LogP contribution in [0.15, 0.2) is 60.7 Å². The predicted octanol–water partition coefficient (Wildman–Crippen LogP) is 3.69. The van der Waals surface area contributed by atoms with Crippen LogP contribution < -0.4 is 0 Å². The highest BCUT2D eigenvalue weighted by Gasteiger charge is 2.24. The Labute approximate surface area is 109 Å². The Morgan fingerprint density at radius 2 is 1.33 bits per heavy atom. The molecular formula is C17H18N. The highest BCUT2D eigenvalue weighted by molar-refractivity contribution is 5.32. The number of nitrogens with zero attached hydrogens (tertiary/aromatic N) is 1. The average molecular weight is 236 g/mol. The van der Waals surface area contributed by atoms with Gasteiger partial charge in [0.15, 0.2) is 0 Å². The Kier molecular flexibility index (Phi) is 3.42.